The zero-order chi connectivity index (χ0) is 14.4. The Balaban J connectivity index is 1.74. The standard InChI is InChI=1S/C13H12ClN5O2/c14-9-1-2-11(19-8-15-16-17-19)10(5-9)12(20)18-4-3-13(18)6-21-7-13/h1-2,5,8H,3-4,6-7H2. The summed E-state index contributed by atoms with van der Waals surface area (Å²) in [5.74, 6) is -0.0578. The van der Waals surface area contributed by atoms with Crippen molar-refractivity contribution in [2.24, 2.45) is 0 Å². The smallest absolute Gasteiger partial charge is 0.256 e. The van der Waals surface area contributed by atoms with Crippen LogP contribution >= 0.6 is 11.6 Å². The average Bonchev–Trinajstić information content (AvgIpc) is 2.89. The zero-order valence-corrected chi connectivity index (χ0v) is 11.8. The Morgan fingerprint density at radius 1 is 1.38 bits per heavy atom. The van der Waals surface area contributed by atoms with E-state index in [-0.39, 0.29) is 11.4 Å². The summed E-state index contributed by atoms with van der Waals surface area (Å²) in [5.41, 5.74) is 1.01. The molecular weight excluding hydrogens is 294 g/mol. The van der Waals surface area contributed by atoms with E-state index in [1.807, 2.05) is 4.90 Å². The molecule has 2 aliphatic heterocycles. The summed E-state index contributed by atoms with van der Waals surface area (Å²) in [6, 6.07) is 5.12. The first-order valence-corrected chi connectivity index (χ1v) is 7.00. The second-order valence-electron chi connectivity index (χ2n) is 5.34. The maximum absolute atomic E-state index is 12.8. The maximum Gasteiger partial charge on any atom is 0.256 e. The average molecular weight is 306 g/mol. The molecule has 0 saturated carbocycles. The molecule has 0 N–H and O–H groups in total. The molecule has 2 saturated heterocycles. The summed E-state index contributed by atoms with van der Waals surface area (Å²) in [7, 11) is 0. The molecule has 3 heterocycles. The van der Waals surface area contributed by atoms with E-state index >= 15 is 0 Å². The fourth-order valence-corrected chi connectivity index (χ4v) is 2.96. The summed E-state index contributed by atoms with van der Waals surface area (Å²) in [4.78, 5) is 14.7. The zero-order valence-electron chi connectivity index (χ0n) is 11.1. The van der Waals surface area contributed by atoms with Gasteiger partial charge in [-0.15, -0.1) is 5.10 Å². The van der Waals surface area contributed by atoms with Crippen LogP contribution in [0, 0.1) is 0 Å². The van der Waals surface area contributed by atoms with Gasteiger partial charge in [0.05, 0.1) is 30.0 Å². The number of amides is 1. The third-order valence-corrected chi connectivity index (χ3v) is 4.38. The van der Waals surface area contributed by atoms with Gasteiger partial charge in [0, 0.05) is 11.6 Å². The Morgan fingerprint density at radius 3 is 2.81 bits per heavy atom. The van der Waals surface area contributed by atoms with Crippen LogP contribution in [0.4, 0.5) is 0 Å². The molecular formula is C13H12ClN5O2. The van der Waals surface area contributed by atoms with E-state index in [0.29, 0.717) is 29.5 Å². The Labute approximate surface area is 125 Å². The van der Waals surface area contributed by atoms with Crippen LogP contribution in [0.5, 0.6) is 0 Å². The fraction of sp³-hybridized carbons (Fsp3) is 0.385. The number of hydrogen-bond acceptors (Lipinski definition) is 5. The molecule has 4 rings (SSSR count). The van der Waals surface area contributed by atoms with Crippen molar-refractivity contribution in [2.75, 3.05) is 19.8 Å². The van der Waals surface area contributed by atoms with Gasteiger partial charge in [0.2, 0.25) is 0 Å². The minimum absolute atomic E-state index is 0.0578. The molecule has 1 spiro atoms. The van der Waals surface area contributed by atoms with E-state index in [2.05, 4.69) is 15.5 Å². The van der Waals surface area contributed by atoms with Crippen molar-refractivity contribution in [1.82, 2.24) is 25.1 Å². The molecule has 21 heavy (non-hydrogen) atoms. The van der Waals surface area contributed by atoms with Gasteiger partial charge in [0.15, 0.2) is 0 Å². The Bertz CT molecular complexity index is 693. The third kappa shape index (κ3) is 1.85. The summed E-state index contributed by atoms with van der Waals surface area (Å²) < 4.78 is 6.73. The first-order valence-electron chi connectivity index (χ1n) is 6.62. The quantitative estimate of drug-likeness (QED) is 0.825. The molecule has 8 heteroatoms. The minimum atomic E-state index is -0.114. The highest BCUT2D eigenvalue weighted by molar-refractivity contribution is 6.31. The van der Waals surface area contributed by atoms with Gasteiger partial charge in [-0.3, -0.25) is 4.79 Å². The first kappa shape index (κ1) is 12.7. The summed E-state index contributed by atoms with van der Waals surface area (Å²) in [6.07, 6.45) is 2.44. The highest BCUT2D eigenvalue weighted by Gasteiger charge is 2.53. The number of aromatic nitrogens is 4. The summed E-state index contributed by atoms with van der Waals surface area (Å²) >= 11 is 6.05. The number of nitrogens with zero attached hydrogens (tertiary/aromatic N) is 5. The van der Waals surface area contributed by atoms with Crippen molar-refractivity contribution in [2.45, 2.75) is 12.0 Å². The van der Waals surface area contributed by atoms with E-state index < -0.39 is 0 Å². The van der Waals surface area contributed by atoms with Crippen LogP contribution in [0.2, 0.25) is 5.02 Å². The monoisotopic (exact) mass is 305 g/mol. The van der Waals surface area contributed by atoms with Gasteiger partial charge in [-0.2, -0.15) is 4.68 Å². The van der Waals surface area contributed by atoms with Gasteiger partial charge >= 0.3 is 0 Å². The topological polar surface area (TPSA) is 73.1 Å². The van der Waals surface area contributed by atoms with Crippen LogP contribution in [0.1, 0.15) is 16.8 Å². The van der Waals surface area contributed by atoms with Gasteiger partial charge in [-0.05, 0) is 35.0 Å². The summed E-state index contributed by atoms with van der Waals surface area (Å²) in [5, 5.41) is 11.6. The van der Waals surface area contributed by atoms with E-state index in [0.717, 1.165) is 13.0 Å². The molecule has 1 aromatic carbocycles. The number of carbonyl (C=O) groups is 1. The van der Waals surface area contributed by atoms with Crippen molar-refractivity contribution >= 4 is 17.5 Å². The Kier molecular flexibility index (Phi) is 2.73. The lowest BCUT2D eigenvalue weighted by Gasteiger charge is -2.57. The largest absolute Gasteiger partial charge is 0.376 e. The number of hydrogen-bond donors (Lipinski definition) is 0. The number of ether oxygens (including phenoxy) is 1. The number of tetrazole rings is 1. The van der Waals surface area contributed by atoms with Crippen LogP contribution in [0.3, 0.4) is 0 Å². The van der Waals surface area contributed by atoms with Crippen molar-refractivity contribution in [3.63, 3.8) is 0 Å². The lowest BCUT2D eigenvalue weighted by Crippen LogP contribution is -2.72. The third-order valence-electron chi connectivity index (χ3n) is 4.14. The SMILES string of the molecule is O=C(c1cc(Cl)ccc1-n1cnnn1)N1CCC12COC2. The van der Waals surface area contributed by atoms with Crippen molar-refractivity contribution in [1.29, 1.82) is 0 Å². The van der Waals surface area contributed by atoms with E-state index in [1.54, 1.807) is 18.2 Å². The van der Waals surface area contributed by atoms with Crippen molar-refractivity contribution < 1.29 is 9.53 Å². The molecule has 1 amide bonds. The van der Waals surface area contributed by atoms with Crippen LogP contribution < -0.4 is 0 Å². The van der Waals surface area contributed by atoms with Gasteiger partial charge in [-0.25, -0.2) is 0 Å². The molecule has 2 aliphatic rings. The molecule has 0 unspecified atom stereocenters. The molecule has 0 bridgehead atoms. The lowest BCUT2D eigenvalue weighted by molar-refractivity contribution is -0.172. The van der Waals surface area contributed by atoms with Crippen LogP contribution in [-0.2, 0) is 4.74 Å². The summed E-state index contributed by atoms with van der Waals surface area (Å²) in [6.45, 7) is 1.96. The highest BCUT2D eigenvalue weighted by atomic mass is 35.5. The molecule has 1 aromatic heterocycles. The van der Waals surface area contributed by atoms with E-state index in [4.69, 9.17) is 16.3 Å². The first-order chi connectivity index (χ1) is 10.2. The van der Waals surface area contributed by atoms with Gasteiger partial charge in [0.25, 0.3) is 5.91 Å². The van der Waals surface area contributed by atoms with Gasteiger partial charge < -0.3 is 9.64 Å². The molecule has 7 nitrogen and oxygen atoms in total. The van der Waals surface area contributed by atoms with Crippen LogP contribution in [-0.4, -0.2) is 56.3 Å². The molecule has 0 atom stereocenters. The van der Waals surface area contributed by atoms with Gasteiger partial charge in [-0.1, -0.05) is 11.6 Å². The predicted octanol–water partition coefficient (Wildman–Crippen LogP) is 0.931. The van der Waals surface area contributed by atoms with E-state index in [1.165, 1.54) is 11.0 Å². The number of rotatable bonds is 2. The number of likely N-dealkylation sites (tertiary alicyclic amines) is 1. The maximum atomic E-state index is 12.8. The van der Waals surface area contributed by atoms with Crippen LogP contribution in [0.25, 0.3) is 5.69 Å². The highest BCUT2D eigenvalue weighted by Crippen LogP contribution is 2.39. The fourth-order valence-electron chi connectivity index (χ4n) is 2.79. The molecule has 2 aromatic rings. The molecule has 108 valence electrons. The molecule has 0 aliphatic carbocycles. The lowest BCUT2D eigenvalue weighted by atomic mass is 9.82. The van der Waals surface area contributed by atoms with Crippen molar-refractivity contribution in [3.8, 4) is 5.69 Å². The molecule has 0 radical (unpaired) electrons. The second kappa shape index (κ2) is 4.51. The minimum Gasteiger partial charge on any atom is -0.376 e. The number of carbonyl (C=O) groups excluding carboxylic acids is 1. The Hall–Kier alpha value is -1.99. The van der Waals surface area contributed by atoms with Gasteiger partial charge in [0.1, 0.15) is 6.33 Å². The van der Waals surface area contributed by atoms with E-state index in [9.17, 15) is 4.79 Å². The van der Waals surface area contributed by atoms with Crippen molar-refractivity contribution in [3.05, 3.63) is 35.1 Å². The predicted molar refractivity (Wildman–Crippen MR) is 73.4 cm³/mol. The second-order valence-corrected chi connectivity index (χ2v) is 5.78. The number of halogens is 1. The normalized spacial score (nSPS) is 19.2. The molecule has 2 fully saturated rings. The number of benzene rings is 1. The Morgan fingerprint density at radius 2 is 2.24 bits per heavy atom. The van der Waals surface area contributed by atoms with Crippen LogP contribution in [0.15, 0.2) is 24.5 Å².